The van der Waals surface area contributed by atoms with Crippen molar-refractivity contribution in [2.75, 3.05) is 38.0 Å². The van der Waals surface area contributed by atoms with Gasteiger partial charge in [0.25, 0.3) is 11.6 Å². The maximum Gasteiger partial charge on any atom is 0.292 e. The number of anilines is 1. The van der Waals surface area contributed by atoms with Gasteiger partial charge in [0, 0.05) is 45.2 Å². The van der Waals surface area contributed by atoms with Gasteiger partial charge in [0.1, 0.15) is 5.69 Å². The van der Waals surface area contributed by atoms with Crippen molar-refractivity contribution in [3.05, 3.63) is 58.5 Å². The van der Waals surface area contributed by atoms with Crippen molar-refractivity contribution >= 4 is 23.2 Å². The Kier molecular flexibility index (Phi) is 5.70. The number of para-hydroxylation sites is 2. The number of nitro groups is 1. The van der Waals surface area contributed by atoms with Crippen LogP contribution in [-0.4, -0.2) is 59.3 Å². The van der Waals surface area contributed by atoms with E-state index in [1.54, 1.807) is 40.1 Å². The summed E-state index contributed by atoms with van der Waals surface area (Å²) < 4.78 is 5.12. The monoisotopic (exact) mass is 372 g/mol. The SMILES string of the molecule is O=C(CCNc1ccccc1[N+](=O)[O-])N1CCN(C(=O)c2ccco2)CC1. The molecule has 9 heteroatoms. The van der Waals surface area contributed by atoms with Crippen LogP contribution in [0.1, 0.15) is 17.0 Å². The molecule has 0 atom stereocenters. The zero-order chi connectivity index (χ0) is 19.2. The molecule has 1 aromatic carbocycles. The van der Waals surface area contributed by atoms with Gasteiger partial charge in [-0.2, -0.15) is 0 Å². The van der Waals surface area contributed by atoms with E-state index in [2.05, 4.69) is 5.32 Å². The lowest BCUT2D eigenvalue weighted by Gasteiger charge is -2.34. The molecule has 2 heterocycles. The number of hydrogen-bond acceptors (Lipinski definition) is 6. The molecule has 1 aliphatic heterocycles. The Morgan fingerprint density at radius 3 is 2.44 bits per heavy atom. The van der Waals surface area contributed by atoms with Crippen LogP contribution in [0.2, 0.25) is 0 Å². The summed E-state index contributed by atoms with van der Waals surface area (Å²) in [7, 11) is 0. The van der Waals surface area contributed by atoms with Gasteiger partial charge in [-0.1, -0.05) is 12.1 Å². The van der Waals surface area contributed by atoms with E-state index in [1.807, 2.05) is 0 Å². The van der Waals surface area contributed by atoms with Crippen molar-refractivity contribution in [2.24, 2.45) is 0 Å². The third-order valence-corrected chi connectivity index (χ3v) is 4.41. The van der Waals surface area contributed by atoms with Crippen molar-refractivity contribution in [3.63, 3.8) is 0 Å². The molecule has 0 saturated carbocycles. The smallest absolute Gasteiger partial charge is 0.292 e. The average molecular weight is 372 g/mol. The predicted octanol–water partition coefficient (Wildman–Crippen LogP) is 1.97. The molecule has 27 heavy (non-hydrogen) atoms. The highest BCUT2D eigenvalue weighted by Gasteiger charge is 2.25. The molecular formula is C18H20N4O5. The molecule has 1 N–H and O–H groups in total. The fraction of sp³-hybridized carbons (Fsp3) is 0.333. The van der Waals surface area contributed by atoms with Crippen molar-refractivity contribution in [2.45, 2.75) is 6.42 Å². The van der Waals surface area contributed by atoms with Gasteiger partial charge in [0.15, 0.2) is 5.76 Å². The molecule has 1 fully saturated rings. The van der Waals surface area contributed by atoms with E-state index in [0.29, 0.717) is 44.2 Å². The molecule has 0 unspecified atom stereocenters. The van der Waals surface area contributed by atoms with Crippen LogP contribution in [0.5, 0.6) is 0 Å². The quantitative estimate of drug-likeness (QED) is 0.613. The van der Waals surface area contributed by atoms with Crippen LogP contribution in [0, 0.1) is 10.1 Å². The third kappa shape index (κ3) is 4.43. The molecule has 0 aliphatic carbocycles. The number of hydrogen-bond donors (Lipinski definition) is 1. The van der Waals surface area contributed by atoms with Gasteiger partial charge in [-0.3, -0.25) is 19.7 Å². The summed E-state index contributed by atoms with van der Waals surface area (Å²) in [5.74, 6) is 0.0692. The van der Waals surface area contributed by atoms with Crippen molar-refractivity contribution < 1.29 is 18.9 Å². The molecule has 0 radical (unpaired) electrons. The molecular weight excluding hydrogens is 352 g/mol. The summed E-state index contributed by atoms with van der Waals surface area (Å²) in [5.41, 5.74) is 0.374. The lowest BCUT2D eigenvalue weighted by molar-refractivity contribution is -0.384. The van der Waals surface area contributed by atoms with E-state index in [9.17, 15) is 19.7 Å². The Balaban J connectivity index is 1.45. The second kappa shape index (κ2) is 8.35. The van der Waals surface area contributed by atoms with Crippen LogP contribution in [0.15, 0.2) is 47.1 Å². The number of nitrogens with zero attached hydrogens (tertiary/aromatic N) is 3. The molecule has 0 spiro atoms. The van der Waals surface area contributed by atoms with Crippen LogP contribution in [0.25, 0.3) is 0 Å². The van der Waals surface area contributed by atoms with Crippen LogP contribution in [-0.2, 0) is 4.79 Å². The lowest BCUT2D eigenvalue weighted by Crippen LogP contribution is -2.50. The Morgan fingerprint density at radius 1 is 1.07 bits per heavy atom. The van der Waals surface area contributed by atoms with E-state index in [-0.39, 0.29) is 23.9 Å². The average Bonchev–Trinajstić information content (AvgIpc) is 3.22. The van der Waals surface area contributed by atoms with Crippen molar-refractivity contribution in [1.82, 2.24) is 9.80 Å². The molecule has 1 aliphatic rings. The number of piperazine rings is 1. The first-order chi connectivity index (χ1) is 13.1. The second-order valence-corrected chi connectivity index (χ2v) is 6.10. The second-order valence-electron chi connectivity index (χ2n) is 6.10. The van der Waals surface area contributed by atoms with E-state index in [4.69, 9.17) is 4.42 Å². The topological polar surface area (TPSA) is 109 Å². The number of amides is 2. The molecule has 2 amide bonds. The molecule has 9 nitrogen and oxygen atoms in total. The van der Waals surface area contributed by atoms with E-state index in [0.717, 1.165) is 0 Å². The standard InChI is InChI=1S/C18H20N4O5/c23-17(7-8-19-14-4-1-2-5-15(14)22(25)26)20-9-11-21(12-10-20)18(24)16-6-3-13-27-16/h1-6,13,19H,7-12H2. The van der Waals surface area contributed by atoms with Crippen LogP contribution in [0.3, 0.4) is 0 Å². The lowest BCUT2D eigenvalue weighted by atomic mass is 10.2. The molecule has 2 aromatic rings. The number of carbonyl (C=O) groups excluding carboxylic acids is 2. The number of benzene rings is 1. The van der Waals surface area contributed by atoms with Gasteiger partial charge in [-0.25, -0.2) is 0 Å². The summed E-state index contributed by atoms with van der Waals surface area (Å²) in [6.07, 6.45) is 1.68. The van der Waals surface area contributed by atoms with E-state index in [1.165, 1.54) is 12.3 Å². The minimum atomic E-state index is -0.459. The minimum Gasteiger partial charge on any atom is -0.459 e. The molecule has 1 saturated heterocycles. The molecule has 3 rings (SSSR count). The largest absolute Gasteiger partial charge is 0.459 e. The predicted molar refractivity (Wildman–Crippen MR) is 97.4 cm³/mol. The van der Waals surface area contributed by atoms with Gasteiger partial charge >= 0.3 is 0 Å². The van der Waals surface area contributed by atoms with Gasteiger partial charge < -0.3 is 19.5 Å². The molecule has 1 aromatic heterocycles. The third-order valence-electron chi connectivity index (χ3n) is 4.41. The van der Waals surface area contributed by atoms with Crippen LogP contribution < -0.4 is 5.32 Å². The summed E-state index contributed by atoms with van der Waals surface area (Å²) in [5, 5.41) is 13.9. The first-order valence-electron chi connectivity index (χ1n) is 8.64. The number of furan rings is 1. The fourth-order valence-electron chi connectivity index (χ4n) is 2.96. The van der Waals surface area contributed by atoms with Crippen LogP contribution in [0.4, 0.5) is 11.4 Å². The Morgan fingerprint density at radius 2 is 1.78 bits per heavy atom. The van der Waals surface area contributed by atoms with Gasteiger partial charge in [-0.05, 0) is 18.2 Å². The fourth-order valence-corrected chi connectivity index (χ4v) is 2.96. The molecule has 0 bridgehead atoms. The Hall–Kier alpha value is -3.36. The first-order valence-corrected chi connectivity index (χ1v) is 8.64. The van der Waals surface area contributed by atoms with Gasteiger partial charge in [0.2, 0.25) is 5.91 Å². The van der Waals surface area contributed by atoms with E-state index >= 15 is 0 Å². The van der Waals surface area contributed by atoms with Crippen LogP contribution >= 0.6 is 0 Å². The summed E-state index contributed by atoms with van der Waals surface area (Å²) >= 11 is 0. The summed E-state index contributed by atoms with van der Waals surface area (Å²) in [6, 6.07) is 9.61. The number of rotatable bonds is 6. The highest BCUT2D eigenvalue weighted by molar-refractivity contribution is 5.91. The Bertz CT molecular complexity index is 813. The number of nitrogens with one attached hydrogen (secondary N) is 1. The molecule has 142 valence electrons. The summed E-state index contributed by atoms with van der Waals surface area (Å²) in [6.45, 7) is 2.11. The maximum atomic E-state index is 12.3. The number of nitro benzene ring substituents is 1. The van der Waals surface area contributed by atoms with Crippen molar-refractivity contribution in [1.29, 1.82) is 0 Å². The van der Waals surface area contributed by atoms with Crippen molar-refractivity contribution in [3.8, 4) is 0 Å². The Labute approximate surface area is 155 Å². The highest BCUT2D eigenvalue weighted by Crippen LogP contribution is 2.23. The van der Waals surface area contributed by atoms with Gasteiger partial charge in [-0.15, -0.1) is 0 Å². The maximum absolute atomic E-state index is 12.3. The minimum absolute atomic E-state index is 0.0185. The number of carbonyl (C=O) groups is 2. The normalized spacial score (nSPS) is 14.1. The zero-order valence-electron chi connectivity index (χ0n) is 14.7. The first kappa shape index (κ1) is 18.4. The van der Waals surface area contributed by atoms with Gasteiger partial charge in [0.05, 0.1) is 11.2 Å². The zero-order valence-corrected chi connectivity index (χ0v) is 14.7. The van der Waals surface area contributed by atoms with E-state index < -0.39 is 4.92 Å². The summed E-state index contributed by atoms with van der Waals surface area (Å²) in [4.78, 5) is 38.5. The highest BCUT2D eigenvalue weighted by atomic mass is 16.6.